The van der Waals surface area contributed by atoms with Crippen LogP contribution in [0.1, 0.15) is 52.9 Å². The number of unbranched alkanes of at least 4 members (excludes halogenated alkanes) is 2. The molecule has 3 heterocycles. The number of fused-ring (bicyclic) bond motifs is 1. The average molecular weight is 396 g/mol. The van der Waals surface area contributed by atoms with E-state index in [-0.39, 0.29) is 30.4 Å². The predicted molar refractivity (Wildman–Crippen MR) is 102 cm³/mol. The van der Waals surface area contributed by atoms with Crippen molar-refractivity contribution in [2.24, 2.45) is 11.8 Å². The highest BCUT2D eigenvalue weighted by molar-refractivity contribution is 5.99. The summed E-state index contributed by atoms with van der Waals surface area (Å²) in [5.41, 5.74) is -1.36. The van der Waals surface area contributed by atoms with Gasteiger partial charge in [0.2, 0.25) is 17.7 Å². The fourth-order valence-corrected chi connectivity index (χ4v) is 5.17. The quantitative estimate of drug-likeness (QED) is 0.533. The second kappa shape index (κ2) is 7.63. The van der Waals surface area contributed by atoms with Crippen LogP contribution in [-0.2, 0) is 19.1 Å². The Hall–Kier alpha value is -1.67. The van der Waals surface area contributed by atoms with Crippen LogP contribution in [-0.4, -0.2) is 71.2 Å². The molecule has 3 aliphatic heterocycles. The summed E-state index contributed by atoms with van der Waals surface area (Å²) in [5.74, 6) is -1.72. The topological polar surface area (TPSA) is 108 Å². The molecule has 3 fully saturated rings. The van der Waals surface area contributed by atoms with Gasteiger partial charge in [0.15, 0.2) is 0 Å². The highest BCUT2D eigenvalue weighted by Gasteiger charge is 2.74. The van der Waals surface area contributed by atoms with E-state index in [2.05, 4.69) is 10.6 Å². The summed E-state index contributed by atoms with van der Waals surface area (Å²) in [7, 11) is 1.57. The smallest absolute Gasteiger partial charge is 0.246 e. The van der Waals surface area contributed by atoms with Crippen LogP contribution in [0.2, 0.25) is 0 Å². The number of hydrogen-bond donors (Lipinski definition) is 3. The third-order valence-corrected chi connectivity index (χ3v) is 6.15. The van der Waals surface area contributed by atoms with Gasteiger partial charge in [-0.05, 0) is 52.9 Å². The fourth-order valence-electron chi connectivity index (χ4n) is 5.17. The molecule has 0 aromatic heterocycles. The molecule has 3 rings (SSSR count). The van der Waals surface area contributed by atoms with Crippen LogP contribution >= 0.6 is 0 Å². The van der Waals surface area contributed by atoms with Gasteiger partial charge in [-0.2, -0.15) is 0 Å². The summed E-state index contributed by atoms with van der Waals surface area (Å²) in [5, 5.41) is 14.7. The molecule has 158 valence electrons. The Bertz CT molecular complexity index is 646. The van der Waals surface area contributed by atoms with Crippen LogP contribution in [0.3, 0.4) is 0 Å². The van der Waals surface area contributed by atoms with Gasteiger partial charge in [0.05, 0.1) is 17.9 Å². The summed E-state index contributed by atoms with van der Waals surface area (Å²) in [4.78, 5) is 40.8. The molecular formula is C20H33N3O5. The second-order valence-electron chi connectivity index (χ2n) is 9.23. The summed E-state index contributed by atoms with van der Waals surface area (Å²) in [6.07, 6.45) is 3.11. The highest BCUT2D eigenvalue weighted by Crippen LogP contribution is 2.58. The van der Waals surface area contributed by atoms with Gasteiger partial charge in [0, 0.05) is 25.7 Å². The summed E-state index contributed by atoms with van der Waals surface area (Å²) < 4.78 is 6.27. The Morgan fingerprint density at radius 2 is 1.96 bits per heavy atom. The zero-order valence-electron chi connectivity index (χ0n) is 17.3. The maximum absolute atomic E-state index is 13.4. The third kappa shape index (κ3) is 3.41. The predicted octanol–water partition coefficient (Wildman–Crippen LogP) is 0.184. The average Bonchev–Trinajstić information content (AvgIpc) is 3.24. The van der Waals surface area contributed by atoms with Crippen molar-refractivity contribution in [1.29, 1.82) is 0 Å². The van der Waals surface area contributed by atoms with Crippen molar-refractivity contribution in [2.75, 3.05) is 20.2 Å². The lowest BCUT2D eigenvalue weighted by atomic mass is 9.70. The zero-order chi connectivity index (χ0) is 20.7. The highest BCUT2D eigenvalue weighted by atomic mass is 16.5. The van der Waals surface area contributed by atoms with Gasteiger partial charge < -0.3 is 25.4 Å². The number of rotatable bonds is 7. The molecule has 2 bridgehead atoms. The maximum atomic E-state index is 13.4. The van der Waals surface area contributed by atoms with E-state index in [0.717, 1.165) is 6.42 Å². The van der Waals surface area contributed by atoms with E-state index in [0.29, 0.717) is 32.2 Å². The molecule has 28 heavy (non-hydrogen) atoms. The molecule has 0 aliphatic carbocycles. The Balaban J connectivity index is 1.92. The first-order chi connectivity index (χ1) is 13.2. The summed E-state index contributed by atoms with van der Waals surface area (Å²) in [6, 6.07) is -0.724. The van der Waals surface area contributed by atoms with Gasteiger partial charge in [-0.25, -0.2) is 0 Å². The number of likely N-dealkylation sites (tertiary alicyclic amines) is 1. The minimum Gasteiger partial charge on any atom is -0.396 e. The summed E-state index contributed by atoms with van der Waals surface area (Å²) in [6.45, 7) is 6.25. The minimum atomic E-state index is -0.925. The number of amides is 3. The first-order valence-electron chi connectivity index (χ1n) is 10.3. The minimum absolute atomic E-state index is 0.109. The number of aliphatic hydroxyl groups excluding tert-OH is 1. The zero-order valence-corrected chi connectivity index (χ0v) is 17.3. The number of hydrogen-bond acceptors (Lipinski definition) is 5. The van der Waals surface area contributed by atoms with Crippen molar-refractivity contribution >= 4 is 17.7 Å². The number of aliphatic hydroxyl groups is 1. The van der Waals surface area contributed by atoms with Gasteiger partial charge in [-0.15, -0.1) is 0 Å². The van der Waals surface area contributed by atoms with Gasteiger partial charge in [-0.1, -0.05) is 0 Å². The van der Waals surface area contributed by atoms with Crippen LogP contribution in [0, 0.1) is 11.8 Å². The van der Waals surface area contributed by atoms with Gasteiger partial charge in [-0.3, -0.25) is 14.4 Å². The molecule has 0 aromatic rings. The van der Waals surface area contributed by atoms with Crippen LogP contribution in [0.15, 0.2) is 0 Å². The third-order valence-electron chi connectivity index (χ3n) is 6.15. The van der Waals surface area contributed by atoms with E-state index in [4.69, 9.17) is 9.84 Å². The van der Waals surface area contributed by atoms with E-state index in [1.807, 2.05) is 20.8 Å². The molecule has 3 saturated heterocycles. The van der Waals surface area contributed by atoms with Crippen molar-refractivity contribution in [2.45, 2.75) is 76.2 Å². The van der Waals surface area contributed by atoms with Crippen molar-refractivity contribution < 1.29 is 24.2 Å². The monoisotopic (exact) mass is 395 g/mol. The standard InChI is InChI=1S/C20H33N3O5/c1-19(2,3)22-17(26)15-20-9-8-12(28-20)13(16(25)21-4)14(20)18(27)23(15)10-6-5-7-11-24/h12-15,24H,5-11H2,1-4H3,(H,21,25)(H,22,26)/t12-,13+,14-,15?,20?/m0/s1. The van der Waals surface area contributed by atoms with Crippen molar-refractivity contribution in [3.63, 3.8) is 0 Å². The van der Waals surface area contributed by atoms with Crippen LogP contribution in [0.4, 0.5) is 0 Å². The SMILES string of the molecule is CNC(=O)[C@@H]1[C@@H]2CCC3(O2)C(C(=O)NC(C)(C)C)N(CCCCCO)C(=O)[C@H]13. The Labute approximate surface area is 166 Å². The van der Waals surface area contributed by atoms with E-state index in [1.54, 1.807) is 11.9 Å². The van der Waals surface area contributed by atoms with Crippen molar-refractivity contribution in [3.05, 3.63) is 0 Å². The molecule has 0 aromatic carbocycles. The normalized spacial score (nSPS) is 33.9. The van der Waals surface area contributed by atoms with Crippen molar-refractivity contribution in [1.82, 2.24) is 15.5 Å². The van der Waals surface area contributed by atoms with Crippen molar-refractivity contribution in [3.8, 4) is 0 Å². The molecule has 8 nitrogen and oxygen atoms in total. The number of nitrogens with zero attached hydrogens (tertiary/aromatic N) is 1. The van der Waals surface area contributed by atoms with Crippen LogP contribution in [0.25, 0.3) is 0 Å². The molecule has 2 unspecified atom stereocenters. The van der Waals surface area contributed by atoms with Gasteiger partial charge in [0.1, 0.15) is 11.6 Å². The Morgan fingerprint density at radius 3 is 2.57 bits per heavy atom. The maximum Gasteiger partial charge on any atom is 0.246 e. The molecule has 3 N–H and O–H groups in total. The first-order valence-corrected chi connectivity index (χ1v) is 10.3. The number of ether oxygens (including phenoxy) is 1. The van der Waals surface area contributed by atoms with E-state index < -0.39 is 29.0 Å². The lowest BCUT2D eigenvalue weighted by Crippen LogP contribution is -2.58. The van der Waals surface area contributed by atoms with E-state index in [1.165, 1.54) is 0 Å². The molecule has 3 amide bonds. The molecule has 0 saturated carbocycles. The van der Waals surface area contributed by atoms with Gasteiger partial charge in [0.25, 0.3) is 0 Å². The lowest BCUT2D eigenvalue weighted by Gasteiger charge is -2.35. The Morgan fingerprint density at radius 1 is 1.25 bits per heavy atom. The lowest BCUT2D eigenvalue weighted by molar-refractivity contribution is -0.142. The molecule has 1 spiro atoms. The molecule has 3 aliphatic rings. The number of nitrogens with one attached hydrogen (secondary N) is 2. The summed E-state index contributed by atoms with van der Waals surface area (Å²) >= 11 is 0. The van der Waals surface area contributed by atoms with E-state index >= 15 is 0 Å². The number of carbonyl (C=O) groups excluding carboxylic acids is 3. The molecular weight excluding hydrogens is 362 g/mol. The fraction of sp³-hybridized carbons (Fsp3) is 0.850. The Kier molecular flexibility index (Phi) is 5.74. The molecule has 5 atom stereocenters. The van der Waals surface area contributed by atoms with Crippen LogP contribution in [0.5, 0.6) is 0 Å². The van der Waals surface area contributed by atoms with Crippen LogP contribution < -0.4 is 10.6 Å². The molecule has 0 radical (unpaired) electrons. The number of carbonyl (C=O) groups is 3. The molecule has 8 heteroatoms. The van der Waals surface area contributed by atoms with E-state index in [9.17, 15) is 14.4 Å². The second-order valence-corrected chi connectivity index (χ2v) is 9.23. The largest absolute Gasteiger partial charge is 0.396 e. The van der Waals surface area contributed by atoms with Gasteiger partial charge >= 0.3 is 0 Å². The first kappa shape index (κ1) is 21.0.